The Morgan fingerprint density at radius 1 is 1.41 bits per heavy atom. The summed E-state index contributed by atoms with van der Waals surface area (Å²) in [6.45, 7) is 3.08. The second-order valence-electron chi connectivity index (χ2n) is 4.44. The van der Waals surface area contributed by atoms with Crippen LogP contribution < -0.4 is 11.1 Å². The van der Waals surface area contributed by atoms with Gasteiger partial charge in [0.05, 0.1) is 18.8 Å². The van der Waals surface area contributed by atoms with Crippen LogP contribution in [0, 0.1) is 0 Å². The van der Waals surface area contributed by atoms with Crippen molar-refractivity contribution in [2.45, 2.75) is 57.6 Å². The molecule has 0 spiro atoms. The highest BCUT2D eigenvalue weighted by molar-refractivity contribution is 5.85. The highest BCUT2D eigenvalue weighted by Crippen LogP contribution is 2.19. The molecule has 1 aliphatic rings. The summed E-state index contributed by atoms with van der Waals surface area (Å²) in [6, 6.07) is -0.380. The van der Waals surface area contributed by atoms with Crippen LogP contribution in [0.1, 0.15) is 45.4 Å². The number of hydrogen-bond donors (Lipinski definition) is 2. The molecule has 1 atom stereocenters. The zero-order valence-electron chi connectivity index (χ0n) is 10.6. The minimum absolute atomic E-state index is 0. The molecule has 1 amide bonds. The molecular formula is C12H25ClN2O2. The summed E-state index contributed by atoms with van der Waals surface area (Å²) in [5, 5.41) is 2.78. The zero-order valence-corrected chi connectivity index (χ0v) is 11.4. The molecule has 0 aliphatic heterocycles. The summed E-state index contributed by atoms with van der Waals surface area (Å²) < 4.78 is 5.69. The topological polar surface area (TPSA) is 64.4 Å². The smallest absolute Gasteiger partial charge is 0.236 e. The van der Waals surface area contributed by atoms with E-state index in [4.69, 9.17) is 10.5 Å². The highest BCUT2D eigenvalue weighted by atomic mass is 35.5. The fourth-order valence-electron chi connectivity index (χ4n) is 1.95. The molecule has 0 heterocycles. The first-order valence-corrected chi connectivity index (χ1v) is 6.39. The zero-order chi connectivity index (χ0) is 11.8. The molecule has 0 saturated heterocycles. The molecule has 17 heavy (non-hydrogen) atoms. The minimum atomic E-state index is -0.380. The van der Waals surface area contributed by atoms with Crippen LogP contribution in [-0.2, 0) is 9.53 Å². The summed E-state index contributed by atoms with van der Waals surface area (Å²) in [5.74, 6) is -0.0743. The molecule has 102 valence electrons. The van der Waals surface area contributed by atoms with Gasteiger partial charge < -0.3 is 15.8 Å². The summed E-state index contributed by atoms with van der Waals surface area (Å²) in [4.78, 5) is 11.3. The SMILES string of the molecule is CC[C@H](N)C(=O)NCCOC1CCCCC1.Cl. The van der Waals surface area contributed by atoms with E-state index in [1.807, 2.05) is 6.92 Å². The van der Waals surface area contributed by atoms with Gasteiger partial charge in [-0.05, 0) is 19.3 Å². The molecule has 0 bridgehead atoms. The Hall–Kier alpha value is -0.320. The molecule has 5 heteroatoms. The van der Waals surface area contributed by atoms with E-state index in [9.17, 15) is 4.79 Å². The number of hydrogen-bond acceptors (Lipinski definition) is 3. The molecule has 0 aromatic carbocycles. The minimum Gasteiger partial charge on any atom is -0.376 e. The van der Waals surface area contributed by atoms with Crippen molar-refractivity contribution in [1.82, 2.24) is 5.32 Å². The van der Waals surface area contributed by atoms with Crippen LogP contribution in [0.15, 0.2) is 0 Å². The highest BCUT2D eigenvalue weighted by Gasteiger charge is 2.14. The molecule has 1 fully saturated rings. The van der Waals surface area contributed by atoms with Crippen molar-refractivity contribution in [3.8, 4) is 0 Å². The Kier molecular flexibility index (Phi) is 9.50. The Morgan fingerprint density at radius 3 is 2.65 bits per heavy atom. The van der Waals surface area contributed by atoms with Gasteiger partial charge in [0, 0.05) is 6.54 Å². The maximum absolute atomic E-state index is 11.3. The summed E-state index contributed by atoms with van der Waals surface area (Å²) in [7, 11) is 0. The summed E-state index contributed by atoms with van der Waals surface area (Å²) in [5.41, 5.74) is 5.59. The van der Waals surface area contributed by atoms with Crippen molar-refractivity contribution >= 4 is 18.3 Å². The van der Waals surface area contributed by atoms with E-state index in [2.05, 4.69) is 5.32 Å². The largest absolute Gasteiger partial charge is 0.376 e. The van der Waals surface area contributed by atoms with Gasteiger partial charge in [-0.2, -0.15) is 0 Å². The van der Waals surface area contributed by atoms with Gasteiger partial charge >= 0.3 is 0 Å². The van der Waals surface area contributed by atoms with Crippen molar-refractivity contribution in [3.05, 3.63) is 0 Å². The number of ether oxygens (including phenoxy) is 1. The molecule has 1 aliphatic carbocycles. The number of rotatable bonds is 6. The number of amides is 1. The predicted molar refractivity (Wildman–Crippen MR) is 71.3 cm³/mol. The van der Waals surface area contributed by atoms with E-state index in [0.717, 1.165) is 0 Å². The quantitative estimate of drug-likeness (QED) is 0.717. The average Bonchev–Trinajstić information content (AvgIpc) is 2.34. The third-order valence-corrected chi connectivity index (χ3v) is 3.08. The van der Waals surface area contributed by atoms with E-state index < -0.39 is 0 Å². The van der Waals surface area contributed by atoms with Gasteiger partial charge in [0.15, 0.2) is 0 Å². The molecule has 0 unspecified atom stereocenters. The molecule has 1 rings (SSSR count). The monoisotopic (exact) mass is 264 g/mol. The van der Waals surface area contributed by atoms with Gasteiger partial charge in [0.1, 0.15) is 0 Å². The van der Waals surface area contributed by atoms with Crippen LogP contribution in [0.3, 0.4) is 0 Å². The Balaban J connectivity index is 0.00000256. The Labute approximate surface area is 110 Å². The van der Waals surface area contributed by atoms with Crippen molar-refractivity contribution < 1.29 is 9.53 Å². The predicted octanol–water partition coefficient (Wildman–Crippen LogP) is 1.61. The van der Waals surface area contributed by atoms with Crippen molar-refractivity contribution in [2.75, 3.05) is 13.2 Å². The van der Waals surface area contributed by atoms with Crippen LogP contribution in [0.2, 0.25) is 0 Å². The maximum atomic E-state index is 11.3. The Morgan fingerprint density at radius 2 is 2.06 bits per heavy atom. The number of carbonyl (C=O) groups excluding carboxylic acids is 1. The number of carbonyl (C=O) groups is 1. The summed E-state index contributed by atoms with van der Waals surface area (Å²) >= 11 is 0. The van der Waals surface area contributed by atoms with Crippen LogP contribution in [-0.4, -0.2) is 31.2 Å². The van der Waals surface area contributed by atoms with Crippen molar-refractivity contribution in [3.63, 3.8) is 0 Å². The van der Waals surface area contributed by atoms with Gasteiger partial charge in [-0.3, -0.25) is 4.79 Å². The fraction of sp³-hybridized carbons (Fsp3) is 0.917. The lowest BCUT2D eigenvalue weighted by atomic mass is 9.98. The molecule has 3 N–H and O–H groups in total. The fourth-order valence-corrected chi connectivity index (χ4v) is 1.95. The standard InChI is InChI=1S/C12H24N2O2.ClH/c1-2-11(13)12(15)14-8-9-16-10-6-4-3-5-7-10;/h10-11H,2-9,13H2,1H3,(H,14,15);1H/t11-;/m0./s1. The molecule has 1 saturated carbocycles. The van der Waals surface area contributed by atoms with Gasteiger partial charge in [-0.1, -0.05) is 26.2 Å². The van der Waals surface area contributed by atoms with E-state index in [1.165, 1.54) is 32.1 Å². The van der Waals surface area contributed by atoms with Crippen LogP contribution in [0.4, 0.5) is 0 Å². The lowest BCUT2D eigenvalue weighted by molar-refractivity contribution is -0.122. The first-order chi connectivity index (χ1) is 7.74. The first kappa shape index (κ1) is 16.7. The van der Waals surface area contributed by atoms with Crippen LogP contribution in [0.5, 0.6) is 0 Å². The van der Waals surface area contributed by atoms with Gasteiger partial charge in [0.25, 0.3) is 0 Å². The second-order valence-corrected chi connectivity index (χ2v) is 4.44. The third kappa shape index (κ3) is 6.86. The van der Waals surface area contributed by atoms with Gasteiger partial charge in [0.2, 0.25) is 5.91 Å². The molecule has 0 aromatic rings. The summed E-state index contributed by atoms with van der Waals surface area (Å²) in [6.07, 6.45) is 7.31. The third-order valence-electron chi connectivity index (χ3n) is 3.08. The molecule has 0 radical (unpaired) electrons. The number of halogens is 1. The van der Waals surface area contributed by atoms with Crippen LogP contribution >= 0.6 is 12.4 Å². The van der Waals surface area contributed by atoms with E-state index in [-0.39, 0.29) is 24.4 Å². The molecular weight excluding hydrogens is 240 g/mol. The van der Waals surface area contributed by atoms with Crippen molar-refractivity contribution in [2.24, 2.45) is 5.73 Å². The first-order valence-electron chi connectivity index (χ1n) is 6.39. The average molecular weight is 265 g/mol. The maximum Gasteiger partial charge on any atom is 0.236 e. The Bertz CT molecular complexity index is 209. The lowest BCUT2D eigenvalue weighted by Gasteiger charge is -2.22. The molecule has 0 aromatic heterocycles. The van der Waals surface area contributed by atoms with Crippen LogP contribution in [0.25, 0.3) is 0 Å². The van der Waals surface area contributed by atoms with Gasteiger partial charge in [-0.25, -0.2) is 0 Å². The lowest BCUT2D eigenvalue weighted by Crippen LogP contribution is -2.41. The van der Waals surface area contributed by atoms with E-state index in [1.54, 1.807) is 0 Å². The van der Waals surface area contributed by atoms with E-state index >= 15 is 0 Å². The molecule has 4 nitrogen and oxygen atoms in total. The number of nitrogens with two attached hydrogens (primary N) is 1. The van der Waals surface area contributed by atoms with Gasteiger partial charge in [-0.15, -0.1) is 12.4 Å². The van der Waals surface area contributed by atoms with E-state index in [0.29, 0.717) is 25.7 Å². The number of nitrogens with one attached hydrogen (secondary N) is 1. The van der Waals surface area contributed by atoms with Crippen molar-refractivity contribution in [1.29, 1.82) is 0 Å². The second kappa shape index (κ2) is 9.68. The normalized spacial score (nSPS) is 18.2.